The van der Waals surface area contributed by atoms with Gasteiger partial charge in [0, 0.05) is 22.1 Å². The lowest BCUT2D eigenvalue weighted by atomic mass is 9.83. The quantitative estimate of drug-likeness (QED) is 0.185. The summed E-state index contributed by atoms with van der Waals surface area (Å²) in [6, 6.07) is 15.7. The molecule has 0 atom stereocenters. The topological polar surface area (TPSA) is 51.2 Å². The molecule has 0 spiro atoms. The van der Waals surface area contributed by atoms with Crippen LogP contribution in [0.5, 0.6) is 0 Å². The first-order valence-corrected chi connectivity index (χ1v) is 10.6. The molecule has 3 nitrogen and oxygen atoms in total. The molecule has 0 radical (unpaired) electrons. The van der Waals surface area contributed by atoms with Gasteiger partial charge in [0.15, 0.2) is 17.3 Å². The van der Waals surface area contributed by atoms with Crippen molar-refractivity contribution in [3.63, 3.8) is 0 Å². The summed E-state index contributed by atoms with van der Waals surface area (Å²) in [7, 11) is 0. The Hall–Kier alpha value is -3.59. The van der Waals surface area contributed by atoms with Crippen LogP contribution in [0.1, 0.15) is 64.3 Å². The SMILES string of the molecule is CCc1ccc2c3ccc(C(C)=O)c4c(C(C)=O)ccc(c5ccc(C(C)=O)c1c25)c43. The Morgan fingerprint density at radius 1 is 0.516 bits per heavy atom. The molecule has 31 heavy (non-hydrogen) atoms. The van der Waals surface area contributed by atoms with Crippen LogP contribution < -0.4 is 0 Å². The van der Waals surface area contributed by atoms with E-state index < -0.39 is 0 Å². The Labute approximate surface area is 180 Å². The summed E-state index contributed by atoms with van der Waals surface area (Å²) in [4.78, 5) is 37.4. The summed E-state index contributed by atoms with van der Waals surface area (Å²) >= 11 is 0. The van der Waals surface area contributed by atoms with Crippen molar-refractivity contribution >= 4 is 60.4 Å². The van der Waals surface area contributed by atoms with Gasteiger partial charge in [-0.05, 0) is 70.5 Å². The van der Waals surface area contributed by atoms with E-state index in [1.165, 1.54) is 13.8 Å². The molecule has 0 fully saturated rings. The maximum absolute atomic E-state index is 12.5. The number of fused-ring (bicyclic) bond motifs is 2. The Bertz CT molecular complexity index is 1520. The molecule has 152 valence electrons. The van der Waals surface area contributed by atoms with E-state index in [2.05, 4.69) is 19.1 Å². The Kier molecular flexibility index (Phi) is 4.19. The zero-order valence-electron chi connectivity index (χ0n) is 18.1. The van der Waals surface area contributed by atoms with E-state index in [1.54, 1.807) is 6.92 Å². The molecule has 0 heterocycles. The Morgan fingerprint density at radius 3 is 1.26 bits per heavy atom. The number of carbonyl (C=O) groups is 3. The molecule has 0 aromatic heterocycles. The summed E-state index contributed by atoms with van der Waals surface area (Å²) in [6.07, 6.45) is 0.829. The van der Waals surface area contributed by atoms with Crippen LogP contribution in [0.25, 0.3) is 43.1 Å². The van der Waals surface area contributed by atoms with Gasteiger partial charge in [-0.3, -0.25) is 14.4 Å². The van der Waals surface area contributed by atoms with Crippen molar-refractivity contribution in [3.05, 3.63) is 70.8 Å². The molecule has 0 aliphatic heterocycles. The lowest BCUT2D eigenvalue weighted by molar-refractivity contribution is 0.100. The molecule has 0 aliphatic carbocycles. The van der Waals surface area contributed by atoms with Crippen molar-refractivity contribution in [2.45, 2.75) is 34.1 Å². The van der Waals surface area contributed by atoms with E-state index >= 15 is 0 Å². The third-order valence-electron chi connectivity index (χ3n) is 6.51. The van der Waals surface area contributed by atoms with Crippen molar-refractivity contribution in [1.82, 2.24) is 0 Å². The van der Waals surface area contributed by atoms with Gasteiger partial charge in [0.1, 0.15) is 0 Å². The van der Waals surface area contributed by atoms with Gasteiger partial charge < -0.3 is 0 Å². The highest BCUT2D eigenvalue weighted by molar-refractivity contribution is 6.37. The van der Waals surface area contributed by atoms with E-state index in [-0.39, 0.29) is 17.3 Å². The van der Waals surface area contributed by atoms with E-state index in [9.17, 15) is 14.4 Å². The molecule has 0 saturated carbocycles. The average molecular weight is 406 g/mol. The van der Waals surface area contributed by atoms with Gasteiger partial charge in [0.25, 0.3) is 0 Å². The third-order valence-corrected chi connectivity index (χ3v) is 6.51. The molecular formula is C28H22O3. The number of carbonyl (C=O) groups excluding carboxylic acids is 3. The summed E-state index contributed by atoms with van der Waals surface area (Å²) < 4.78 is 0. The number of ketones is 3. The number of rotatable bonds is 4. The maximum Gasteiger partial charge on any atom is 0.160 e. The van der Waals surface area contributed by atoms with Gasteiger partial charge >= 0.3 is 0 Å². The molecule has 0 N–H and O–H groups in total. The predicted octanol–water partition coefficient (Wildman–Crippen LogP) is 6.91. The molecule has 0 bridgehead atoms. The summed E-state index contributed by atoms with van der Waals surface area (Å²) in [5.41, 5.74) is 3.01. The fourth-order valence-corrected chi connectivity index (χ4v) is 5.13. The number of aryl methyl sites for hydroxylation is 1. The highest BCUT2D eigenvalue weighted by Crippen LogP contribution is 2.44. The number of benzene rings is 5. The third kappa shape index (κ3) is 2.56. The molecule has 5 aromatic carbocycles. The molecule has 3 heteroatoms. The second kappa shape index (κ2) is 6.71. The van der Waals surface area contributed by atoms with Crippen LogP contribution in [-0.2, 0) is 6.42 Å². The lowest BCUT2D eigenvalue weighted by Crippen LogP contribution is -2.03. The van der Waals surface area contributed by atoms with Crippen LogP contribution in [0.2, 0.25) is 0 Å². The fourth-order valence-electron chi connectivity index (χ4n) is 5.13. The van der Waals surface area contributed by atoms with Crippen LogP contribution in [-0.4, -0.2) is 17.3 Å². The van der Waals surface area contributed by atoms with Crippen molar-refractivity contribution < 1.29 is 14.4 Å². The standard InChI is InChI=1S/C28H22O3/c1-5-17-6-7-21-23-12-9-19(15(3)30)26-20(16(4)31)10-13-24(28(23)26)22-11-8-18(14(2)29)25(17)27(21)22/h6-13H,5H2,1-4H3. The Balaban J connectivity index is 2.16. The zero-order valence-corrected chi connectivity index (χ0v) is 18.1. The van der Waals surface area contributed by atoms with Crippen molar-refractivity contribution in [2.24, 2.45) is 0 Å². The van der Waals surface area contributed by atoms with Crippen molar-refractivity contribution in [2.75, 3.05) is 0 Å². The maximum atomic E-state index is 12.5. The minimum Gasteiger partial charge on any atom is -0.294 e. The summed E-state index contributed by atoms with van der Waals surface area (Å²) in [5, 5.41) is 7.83. The minimum absolute atomic E-state index is 0.0493. The molecule has 0 unspecified atom stereocenters. The summed E-state index contributed by atoms with van der Waals surface area (Å²) in [6.45, 7) is 6.79. The largest absolute Gasteiger partial charge is 0.294 e. The summed E-state index contributed by atoms with van der Waals surface area (Å²) in [5.74, 6) is -0.0704. The van der Waals surface area contributed by atoms with E-state index in [0.717, 1.165) is 60.6 Å². The highest BCUT2D eigenvalue weighted by atomic mass is 16.1. The van der Waals surface area contributed by atoms with Crippen molar-refractivity contribution in [3.8, 4) is 0 Å². The van der Waals surface area contributed by atoms with Crippen LogP contribution >= 0.6 is 0 Å². The smallest absolute Gasteiger partial charge is 0.160 e. The molecule has 0 amide bonds. The van der Waals surface area contributed by atoms with Gasteiger partial charge in [0.2, 0.25) is 0 Å². The van der Waals surface area contributed by atoms with Gasteiger partial charge in [-0.15, -0.1) is 0 Å². The van der Waals surface area contributed by atoms with E-state index in [1.807, 2.05) is 36.4 Å². The predicted molar refractivity (Wildman–Crippen MR) is 127 cm³/mol. The molecular weight excluding hydrogens is 384 g/mol. The average Bonchev–Trinajstić information content (AvgIpc) is 2.75. The normalized spacial score (nSPS) is 11.7. The second-order valence-corrected chi connectivity index (χ2v) is 8.28. The first-order valence-electron chi connectivity index (χ1n) is 10.6. The van der Waals surface area contributed by atoms with E-state index in [0.29, 0.717) is 11.1 Å². The minimum atomic E-state index is -0.0598. The lowest BCUT2D eigenvalue weighted by Gasteiger charge is -2.19. The monoisotopic (exact) mass is 406 g/mol. The number of hydrogen-bond donors (Lipinski definition) is 0. The van der Waals surface area contributed by atoms with Gasteiger partial charge in [-0.2, -0.15) is 0 Å². The van der Waals surface area contributed by atoms with Crippen LogP contribution in [0, 0.1) is 0 Å². The first-order chi connectivity index (χ1) is 14.8. The zero-order chi connectivity index (χ0) is 22.0. The van der Waals surface area contributed by atoms with Gasteiger partial charge in [-0.25, -0.2) is 0 Å². The second-order valence-electron chi connectivity index (χ2n) is 8.28. The van der Waals surface area contributed by atoms with Crippen LogP contribution in [0.3, 0.4) is 0 Å². The van der Waals surface area contributed by atoms with Crippen molar-refractivity contribution in [1.29, 1.82) is 0 Å². The van der Waals surface area contributed by atoms with E-state index in [4.69, 9.17) is 0 Å². The highest BCUT2D eigenvalue weighted by Gasteiger charge is 2.22. The van der Waals surface area contributed by atoms with Crippen LogP contribution in [0.15, 0.2) is 48.5 Å². The van der Waals surface area contributed by atoms with Gasteiger partial charge in [0.05, 0.1) is 0 Å². The molecule has 0 saturated heterocycles. The number of hydrogen-bond acceptors (Lipinski definition) is 3. The first kappa shape index (κ1) is 19.4. The van der Waals surface area contributed by atoms with Crippen LogP contribution in [0.4, 0.5) is 0 Å². The van der Waals surface area contributed by atoms with Gasteiger partial charge in [-0.1, -0.05) is 55.5 Å². The molecule has 5 aromatic rings. The Morgan fingerprint density at radius 2 is 0.871 bits per heavy atom. The molecule has 0 aliphatic rings. The number of Topliss-reactive ketones (excluding diaryl/α,β-unsaturated/α-hetero) is 3. The molecule has 5 rings (SSSR count). The fraction of sp³-hybridized carbons (Fsp3) is 0.179.